The Morgan fingerprint density at radius 1 is 1.14 bits per heavy atom. The van der Waals surface area contributed by atoms with Crippen molar-refractivity contribution in [1.82, 2.24) is 9.55 Å². The van der Waals surface area contributed by atoms with Crippen LogP contribution in [0.5, 0.6) is 5.75 Å². The van der Waals surface area contributed by atoms with E-state index in [4.69, 9.17) is 4.74 Å². The molecule has 0 saturated carbocycles. The van der Waals surface area contributed by atoms with Crippen LogP contribution in [-0.2, 0) is 11.3 Å². The van der Waals surface area contributed by atoms with E-state index in [0.717, 1.165) is 16.6 Å². The summed E-state index contributed by atoms with van der Waals surface area (Å²) in [5.74, 6) is 0.216. The maximum Gasteiger partial charge on any atom is 0.264 e. The predicted octanol–water partition coefficient (Wildman–Crippen LogP) is 4.04. The number of pyridine rings is 1. The van der Waals surface area contributed by atoms with Crippen molar-refractivity contribution in [3.8, 4) is 5.75 Å². The standard InChI is InChI=1S/C21H19N3O3S/c1-2-11-24-12-10-14-15(20(24)26)6-5-8-17(14)27-13-19(25)23-21-22-16-7-3-4-9-18(16)28-21/h3-10,12H,2,11,13H2,1H3,(H,22,23,25). The summed E-state index contributed by atoms with van der Waals surface area (Å²) in [6.07, 6.45) is 2.65. The topological polar surface area (TPSA) is 73.2 Å². The zero-order valence-corrected chi connectivity index (χ0v) is 16.2. The molecule has 1 amide bonds. The number of nitrogens with zero attached hydrogens (tertiary/aromatic N) is 2. The third kappa shape index (κ3) is 3.61. The van der Waals surface area contributed by atoms with Gasteiger partial charge in [0.05, 0.1) is 15.6 Å². The van der Waals surface area contributed by atoms with Crippen molar-refractivity contribution in [2.75, 3.05) is 11.9 Å². The van der Waals surface area contributed by atoms with Gasteiger partial charge in [-0.15, -0.1) is 0 Å². The first kappa shape index (κ1) is 18.2. The van der Waals surface area contributed by atoms with Crippen molar-refractivity contribution < 1.29 is 9.53 Å². The molecule has 0 spiro atoms. The quantitative estimate of drug-likeness (QED) is 0.537. The lowest BCUT2D eigenvalue weighted by molar-refractivity contribution is -0.118. The Morgan fingerprint density at radius 3 is 2.82 bits per heavy atom. The number of aryl methyl sites for hydroxylation is 1. The number of ether oxygens (including phenoxy) is 1. The Bertz CT molecular complexity index is 1180. The number of rotatable bonds is 6. The van der Waals surface area contributed by atoms with Gasteiger partial charge in [0, 0.05) is 18.1 Å². The van der Waals surface area contributed by atoms with Gasteiger partial charge in [-0.1, -0.05) is 36.5 Å². The fraction of sp³-hybridized carbons (Fsp3) is 0.190. The molecular formula is C21H19N3O3S. The minimum atomic E-state index is -0.296. The second-order valence-electron chi connectivity index (χ2n) is 6.36. The molecule has 142 valence electrons. The van der Waals surface area contributed by atoms with Gasteiger partial charge in [0.25, 0.3) is 11.5 Å². The molecule has 0 unspecified atom stereocenters. The number of hydrogen-bond acceptors (Lipinski definition) is 5. The summed E-state index contributed by atoms with van der Waals surface area (Å²) in [4.78, 5) is 29.2. The van der Waals surface area contributed by atoms with Gasteiger partial charge in [-0.25, -0.2) is 4.98 Å². The van der Waals surface area contributed by atoms with Crippen molar-refractivity contribution in [1.29, 1.82) is 0 Å². The van der Waals surface area contributed by atoms with Crippen LogP contribution in [0, 0.1) is 0 Å². The molecule has 1 N–H and O–H groups in total. The number of benzene rings is 2. The normalized spacial score (nSPS) is 11.0. The maximum atomic E-state index is 12.6. The van der Waals surface area contributed by atoms with E-state index in [1.54, 1.807) is 29.0 Å². The summed E-state index contributed by atoms with van der Waals surface area (Å²) >= 11 is 1.42. The summed E-state index contributed by atoms with van der Waals surface area (Å²) in [5.41, 5.74) is 0.796. The molecule has 2 aromatic heterocycles. The molecule has 0 bridgehead atoms. The SMILES string of the molecule is CCCn1ccc2c(OCC(=O)Nc3nc4ccccc4s3)cccc2c1=O. The minimum absolute atomic E-state index is 0.0521. The number of nitrogens with one attached hydrogen (secondary N) is 1. The number of para-hydroxylation sites is 1. The van der Waals surface area contributed by atoms with Crippen LogP contribution in [0.4, 0.5) is 5.13 Å². The smallest absolute Gasteiger partial charge is 0.264 e. The van der Waals surface area contributed by atoms with E-state index < -0.39 is 0 Å². The third-order valence-corrected chi connectivity index (χ3v) is 5.29. The summed E-state index contributed by atoms with van der Waals surface area (Å²) in [7, 11) is 0. The largest absolute Gasteiger partial charge is 0.483 e. The molecule has 28 heavy (non-hydrogen) atoms. The second-order valence-corrected chi connectivity index (χ2v) is 7.39. The first-order valence-electron chi connectivity index (χ1n) is 9.06. The fourth-order valence-corrected chi connectivity index (χ4v) is 3.94. The zero-order valence-electron chi connectivity index (χ0n) is 15.3. The maximum absolute atomic E-state index is 12.6. The molecular weight excluding hydrogens is 374 g/mol. The summed E-state index contributed by atoms with van der Waals surface area (Å²) in [6.45, 7) is 2.54. The van der Waals surface area contributed by atoms with Crippen molar-refractivity contribution >= 4 is 43.4 Å². The van der Waals surface area contributed by atoms with Crippen LogP contribution < -0.4 is 15.6 Å². The van der Waals surface area contributed by atoms with Crippen molar-refractivity contribution in [3.63, 3.8) is 0 Å². The molecule has 2 heterocycles. The Morgan fingerprint density at radius 2 is 2.00 bits per heavy atom. The number of thiazole rings is 1. The highest BCUT2D eigenvalue weighted by molar-refractivity contribution is 7.22. The molecule has 4 rings (SSSR count). The van der Waals surface area contributed by atoms with Crippen LogP contribution >= 0.6 is 11.3 Å². The number of hydrogen-bond donors (Lipinski definition) is 1. The van der Waals surface area contributed by atoms with Crippen LogP contribution in [0.2, 0.25) is 0 Å². The minimum Gasteiger partial charge on any atom is -0.483 e. The molecule has 0 aliphatic heterocycles. The summed E-state index contributed by atoms with van der Waals surface area (Å²) < 4.78 is 8.40. The predicted molar refractivity (Wildman–Crippen MR) is 112 cm³/mol. The van der Waals surface area contributed by atoms with Gasteiger partial charge in [0.1, 0.15) is 5.75 Å². The second kappa shape index (κ2) is 7.82. The highest BCUT2D eigenvalue weighted by Crippen LogP contribution is 2.26. The number of anilines is 1. The van der Waals surface area contributed by atoms with Crippen LogP contribution in [0.15, 0.2) is 59.5 Å². The van der Waals surface area contributed by atoms with Crippen LogP contribution in [0.3, 0.4) is 0 Å². The molecule has 7 heteroatoms. The van der Waals surface area contributed by atoms with Gasteiger partial charge in [0.15, 0.2) is 11.7 Å². The van der Waals surface area contributed by atoms with E-state index in [0.29, 0.717) is 28.2 Å². The molecule has 0 radical (unpaired) electrons. The third-order valence-electron chi connectivity index (χ3n) is 4.34. The van der Waals surface area contributed by atoms with Gasteiger partial charge in [-0.3, -0.25) is 14.9 Å². The fourth-order valence-electron chi connectivity index (χ4n) is 3.06. The number of carbonyl (C=O) groups excluding carboxylic acids is 1. The van der Waals surface area contributed by atoms with Crippen LogP contribution in [-0.4, -0.2) is 22.1 Å². The van der Waals surface area contributed by atoms with Gasteiger partial charge < -0.3 is 9.30 Å². The summed E-state index contributed by atoms with van der Waals surface area (Å²) in [6, 6.07) is 14.9. The molecule has 4 aromatic rings. The van der Waals surface area contributed by atoms with Gasteiger partial charge in [0.2, 0.25) is 0 Å². The van der Waals surface area contributed by atoms with Crippen molar-refractivity contribution in [2.45, 2.75) is 19.9 Å². The lowest BCUT2D eigenvalue weighted by Crippen LogP contribution is -2.21. The van der Waals surface area contributed by atoms with E-state index in [2.05, 4.69) is 10.3 Å². The Labute approximate surface area is 165 Å². The monoisotopic (exact) mass is 393 g/mol. The number of fused-ring (bicyclic) bond motifs is 2. The number of carbonyl (C=O) groups is 1. The molecule has 0 atom stereocenters. The van der Waals surface area contributed by atoms with E-state index >= 15 is 0 Å². The average Bonchev–Trinajstić information content (AvgIpc) is 3.11. The Balaban J connectivity index is 1.49. The molecule has 0 aliphatic carbocycles. The lowest BCUT2D eigenvalue weighted by atomic mass is 10.1. The highest BCUT2D eigenvalue weighted by Gasteiger charge is 2.11. The van der Waals surface area contributed by atoms with Gasteiger partial charge in [-0.05, 0) is 36.8 Å². The molecule has 6 nitrogen and oxygen atoms in total. The van der Waals surface area contributed by atoms with Crippen LogP contribution in [0.1, 0.15) is 13.3 Å². The number of amides is 1. The van der Waals surface area contributed by atoms with Crippen molar-refractivity contribution in [2.24, 2.45) is 0 Å². The van der Waals surface area contributed by atoms with E-state index in [1.807, 2.05) is 37.3 Å². The van der Waals surface area contributed by atoms with Crippen molar-refractivity contribution in [3.05, 3.63) is 65.1 Å². The molecule has 0 saturated heterocycles. The molecule has 2 aromatic carbocycles. The van der Waals surface area contributed by atoms with Gasteiger partial charge >= 0.3 is 0 Å². The van der Waals surface area contributed by atoms with Crippen LogP contribution in [0.25, 0.3) is 21.0 Å². The Kier molecular flexibility index (Phi) is 5.08. The first-order chi connectivity index (χ1) is 13.7. The van der Waals surface area contributed by atoms with E-state index in [9.17, 15) is 9.59 Å². The Hall–Kier alpha value is -3.19. The zero-order chi connectivity index (χ0) is 19.5. The number of aromatic nitrogens is 2. The molecule has 0 fully saturated rings. The summed E-state index contributed by atoms with van der Waals surface area (Å²) in [5, 5.41) is 4.59. The average molecular weight is 393 g/mol. The van der Waals surface area contributed by atoms with E-state index in [1.165, 1.54) is 11.3 Å². The van der Waals surface area contributed by atoms with Gasteiger partial charge in [-0.2, -0.15) is 0 Å². The lowest BCUT2D eigenvalue weighted by Gasteiger charge is -2.10. The molecule has 0 aliphatic rings. The van der Waals surface area contributed by atoms with E-state index in [-0.39, 0.29) is 18.1 Å². The first-order valence-corrected chi connectivity index (χ1v) is 9.88. The highest BCUT2D eigenvalue weighted by atomic mass is 32.1.